The standard InChI is InChI=1S/C19H22N2/c1-2-7-17-13(4-1)5-3-6-14(17)11-21-12-15-8-16-9-19(21)18(15)10-20-16/h1-7,15-16,18-20H,8-12H2. The van der Waals surface area contributed by atoms with Crippen molar-refractivity contribution in [2.75, 3.05) is 13.1 Å². The highest BCUT2D eigenvalue weighted by Crippen LogP contribution is 2.44. The van der Waals surface area contributed by atoms with Crippen LogP contribution >= 0.6 is 0 Å². The number of nitrogens with zero attached hydrogens (tertiary/aromatic N) is 1. The molecule has 1 saturated carbocycles. The van der Waals surface area contributed by atoms with Gasteiger partial charge in [-0.2, -0.15) is 0 Å². The predicted octanol–water partition coefficient (Wildman–Crippen LogP) is 3.02. The van der Waals surface area contributed by atoms with Gasteiger partial charge in [-0.15, -0.1) is 0 Å². The monoisotopic (exact) mass is 278 g/mol. The molecule has 0 radical (unpaired) electrons. The Morgan fingerprint density at radius 1 is 1.05 bits per heavy atom. The van der Waals surface area contributed by atoms with Gasteiger partial charge in [-0.25, -0.2) is 0 Å². The number of hydrogen-bond donors (Lipinski definition) is 1. The molecule has 1 aliphatic carbocycles. The van der Waals surface area contributed by atoms with Crippen LogP contribution in [0.25, 0.3) is 10.8 Å². The molecular formula is C19H22N2. The van der Waals surface area contributed by atoms with Gasteiger partial charge in [-0.05, 0) is 41.0 Å². The molecule has 1 N–H and O–H groups in total. The van der Waals surface area contributed by atoms with E-state index in [1.807, 2.05) is 0 Å². The number of benzene rings is 2. The van der Waals surface area contributed by atoms with Crippen LogP contribution in [0.1, 0.15) is 18.4 Å². The lowest BCUT2D eigenvalue weighted by Crippen LogP contribution is -2.54. The SMILES string of the molecule is c1ccc2c(CN3CC4CC5CC3C4CN5)cccc2c1. The Morgan fingerprint density at radius 3 is 2.86 bits per heavy atom. The molecule has 4 aliphatic rings. The van der Waals surface area contributed by atoms with E-state index in [0.717, 1.165) is 30.5 Å². The van der Waals surface area contributed by atoms with Gasteiger partial charge in [-0.3, -0.25) is 4.90 Å². The summed E-state index contributed by atoms with van der Waals surface area (Å²) in [6.07, 6.45) is 2.78. The number of fused-ring (bicyclic) bond motifs is 2. The van der Waals surface area contributed by atoms with Gasteiger partial charge in [0.1, 0.15) is 0 Å². The van der Waals surface area contributed by atoms with Crippen LogP contribution in [0.5, 0.6) is 0 Å². The van der Waals surface area contributed by atoms with E-state index >= 15 is 0 Å². The third-order valence-electron chi connectivity index (χ3n) is 6.05. The number of piperidine rings is 2. The van der Waals surface area contributed by atoms with Crippen molar-refractivity contribution in [1.82, 2.24) is 10.2 Å². The summed E-state index contributed by atoms with van der Waals surface area (Å²) in [5, 5.41) is 6.52. The van der Waals surface area contributed by atoms with E-state index in [2.05, 4.69) is 52.7 Å². The maximum absolute atomic E-state index is 3.71. The molecule has 0 aromatic heterocycles. The lowest BCUT2D eigenvalue weighted by atomic mass is 9.73. The van der Waals surface area contributed by atoms with Gasteiger partial charge in [0.25, 0.3) is 0 Å². The first kappa shape index (κ1) is 12.2. The summed E-state index contributed by atoms with van der Waals surface area (Å²) >= 11 is 0. The van der Waals surface area contributed by atoms with E-state index in [0.29, 0.717) is 0 Å². The van der Waals surface area contributed by atoms with E-state index in [1.54, 1.807) is 0 Å². The fourth-order valence-corrected chi connectivity index (χ4v) is 5.09. The molecule has 6 rings (SSSR count). The highest BCUT2D eigenvalue weighted by molar-refractivity contribution is 5.85. The molecule has 4 bridgehead atoms. The molecule has 2 nitrogen and oxygen atoms in total. The average Bonchev–Trinajstić information content (AvgIpc) is 2.79. The summed E-state index contributed by atoms with van der Waals surface area (Å²) < 4.78 is 0. The van der Waals surface area contributed by atoms with E-state index in [9.17, 15) is 0 Å². The molecule has 21 heavy (non-hydrogen) atoms. The minimum absolute atomic E-state index is 0.794. The number of nitrogens with one attached hydrogen (secondary N) is 1. The fraction of sp³-hybridized carbons (Fsp3) is 0.474. The molecule has 4 unspecified atom stereocenters. The second kappa shape index (κ2) is 4.56. The van der Waals surface area contributed by atoms with Crippen molar-refractivity contribution in [2.45, 2.75) is 31.5 Å². The van der Waals surface area contributed by atoms with Crippen LogP contribution in [-0.2, 0) is 6.54 Å². The molecule has 3 heterocycles. The molecule has 4 fully saturated rings. The molecule has 3 aliphatic heterocycles. The maximum Gasteiger partial charge on any atom is 0.0243 e. The van der Waals surface area contributed by atoms with Crippen molar-refractivity contribution in [3.63, 3.8) is 0 Å². The van der Waals surface area contributed by atoms with Crippen molar-refractivity contribution in [2.24, 2.45) is 11.8 Å². The molecule has 0 amide bonds. The van der Waals surface area contributed by atoms with Crippen LogP contribution in [0.2, 0.25) is 0 Å². The quantitative estimate of drug-likeness (QED) is 0.908. The van der Waals surface area contributed by atoms with Gasteiger partial charge in [-0.1, -0.05) is 42.5 Å². The molecule has 3 saturated heterocycles. The molecule has 2 aromatic carbocycles. The van der Waals surface area contributed by atoms with Crippen molar-refractivity contribution in [3.05, 3.63) is 48.0 Å². The Kier molecular flexibility index (Phi) is 2.65. The Bertz CT molecular complexity index is 675. The van der Waals surface area contributed by atoms with Gasteiger partial charge in [0.15, 0.2) is 0 Å². The van der Waals surface area contributed by atoms with Crippen LogP contribution in [0.15, 0.2) is 42.5 Å². The number of hydrogen-bond acceptors (Lipinski definition) is 2. The average molecular weight is 278 g/mol. The van der Waals surface area contributed by atoms with Crippen molar-refractivity contribution >= 4 is 10.8 Å². The minimum Gasteiger partial charge on any atom is -0.314 e. The van der Waals surface area contributed by atoms with E-state index in [-0.39, 0.29) is 0 Å². The third kappa shape index (κ3) is 1.86. The largest absolute Gasteiger partial charge is 0.314 e. The number of likely N-dealkylation sites (tertiary alicyclic amines) is 1. The normalized spacial score (nSPS) is 34.7. The first-order valence-corrected chi connectivity index (χ1v) is 8.32. The zero-order valence-electron chi connectivity index (χ0n) is 12.3. The topological polar surface area (TPSA) is 15.3 Å². The van der Waals surface area contributed by atoms with Crippen LogP contribution in [0.3, 0.4) is 0 Å². The van der Waals surface area contributed by atoms with Gasteiger partial charge in [0, 0.05) is 31.7 Å². The van der Waals surface area contributed by atoms with Crippen molar-refractivity contribution < 1.29 is 0 Å². The molecule has 2 heteroatoms. The lowest BCUT2D eigenvalue weighted by molar-refractivity contribution is 0.119. The smallest absolute Gasteiger partial charge is 0.0243 e. The van der Waals surface area contributed by atoms with Gasteiger partial charge in [0.2, 0.25) is 0 Å². The summed E-state index contributed by atoms with van der Waals surface area (Å²) in [4.78, 5) is 2.78. The Labute approximate surface area is 126 Å². The molecule has 4 atom stereocenters. The Morgan fingerprint density at radius 2 is 1.95 bits per heavy atom. The summed E-state index contributed by atoms with van der Waals surface area (Å²) in [6.45, 7) is 3.70. The van der Waals surface area contributed by atoms with E-state index < -0.39 is 0 Å². The highest BCUT2D eigenvalue weighted by Gasteiger charge is 2.49. The van der Waals surface area contributed by atoms with Crippen LogP contribution in [-0.4, -0.2) is 30.1 Å². The zero-order chi connectivity index (χ0) is 13.8. The highest BCUT2D eigenvalue weighted by atomic mass is 15.2. The molecular weight excluding hydrogens is 256 g/mol. The van der Waals surface area contributed by atoms with E-state index in [1.165, 1.54) is 42.3 Å². The number of rotatable bonds is 2. The first-order valence-electron chi connectivity index (χ1n) is 8.32. The molecule has 0 spiro atoms. The summed E-state index contributed by atoms with van der Waals surface area (Å²) in [5.74, 6) is 1.86. The third-order valence-corrected chi connectivity index (χ3v) is 6.05. The van der Waals surface area contributed by atoms with Gasteiger partial charge >= 0.3 is 0 Å². The van der Waals surface area contributed by atoms with E-state index in [4.69, 9.17) is 0 Å². The van der Waals surface area contributed by atoms with Crippen LogP contribution in [0, 0.1) is 11.8 Å². The second-order valence-corrected chi connectivity index (χ2v) is 7.14. The maximum atomic E-state index is 3.71. The fourth-order valence-electron chi connectivity index (χ4n) is 5.09. The lowest BCUT2D eigenvalue weighted by Gasteiger charge is -2.43. The van der Waals surface area contributed by atoms with Gasteiger partial charge in [0.05, 0.1) is 0 Å². The Hall–Kier alpha value is -1.38. The second-order valence-electron chi connectivity index (χ2n) is 7.14. The van der Waals surface area contributed by atoms with Crippen LogP contribution in [0.4, 0.5) is 0 Å². The van der Waals surface area contributed by atoms with Crippen molar-refractivity contribution in [3.8, 4) is 0 Å². The summed E-state index contributed by atoms with van der Waals surface area (Å²) in [5.41, 5.74) is 1.50. The summed E-state index contributed by atoms with van der Waals surface area (Å²) in [7, 11) is 0. The van der Waals surface area contributed by atoms with Crippen molar-refractivity contribution in [1.29, 1.82) is 0 Å². The van der Waals surface area contributed by atoms with Crippen LogP contribution < -0.4 is 5.32 Å². The first-order chi connectivity index (χ1) is 10.4. The Balaban J connectivity index is 1.47. The summed E-state index contributed by atoms with van der Waals surface area (Å²) in [6, 6.07) is 17.2. The molecule has 2 aromatic rings. The predicted molar refractivity (Wildman–Crippen MR) is 86.2 cm³/mol. The minimum atomic E-state index is 0.794. The van der Waals surface area contributed by atoms with Gasteiger partial charge < -0.3 is 5.32 Å². The molecule has 108 valence electrons. The zero-order valence-corrected chi connectivity index (χ0v) is 12.3.